The predicted octanol–water partition coefficient (Wildman–Crippen LogP) is 3.76. The standard InChI is InChI=1S/C12H13Br2N3/c1-3-8-11(16-17(2)12(8)15)9-6-7(13)4-5-10(9)14/h4-6H,3,15H2,1-2H3. The molecule has 0 aliphatic rings. The van der Waals surface area contributed by atoms with Crippen molar-refractivity contribution in [1.82, 2.24) is 9.78 Å². The van der Waals surface area contributed by atoms with Gasteiger partial charge in [-0.15, -0.1) is 0 Å². The lowest BCUT2D eigenvalue weighted by atomic mass is 10.1. The van der Waals surface area contributed by atoms with E-state index in [-0.39, 0.29) is 0 Å². The van der Waals surface area contributed by atoms with Crippen molar-refractivity contribution in [3.8, 4) is 11.3 Å². The lowest BCUT2D eigenvalue weighted by Gasteiger charge is -2.04. The van der Waals surface area contributed by atoms with Crippen molar-refractivity contribution in [2.24, 2.45) is 7.05 Å². The molecule has 2 N–H and O–H groups in total. The van der Waals surface area contributed by atoms with Crippen molar-refractivity contribution >= 4 is 37.7 Å². The lowest BCUT2D eigenvalue weighted by Crippen LogP contribution is -1.98. The van der Waals surface area contributed by atoms with E-state index in [2.05, 4.69) is 43.9 Å². The van der Waals surface area contributed by atoms with Crippen LogP contribution in [0.5, 0.6) is 0 Å². The van der Waals surface area contributed by atoms with E-state index in [4.69, 9.17) is 5.73 Å². The van der Waals surface area contributed by atoms with Crippen LogP contribution >= 0.6 is 31.9 Å². The van der Waals surface area contributed by atoms with Gasteiger partial charge in [0.05, 0.1) is 5.69 Å². The van der Waals surface area contributed by atoms with Crippen molar-refractivity contribution in [1.29, 1.82) is 0 Å². The van der Waals surface area contributed by atoms with E-state index >= 15 is 0 Å². The van der Waals surface area contributed by atoms with Gasteiger partial charge >= 0.3 is 0 Å². The molecule has 1 aromatic carbocycles. The number of hydrogen-bond acceptors (Lipinski definition) is 2. The summed E-state index contributed by atoms with van der Waals surface area (Å²) >= 11 is 7.03. The highest BCUT2D eigenvalue weighted by molar-refractivity contribution is 9.11. The molecule has 0 unspecified atom stereocenters. The summed E-state index contributed by atoms with van der Waals surface area (Å²) < 4.78 is 3.78. The van der Waals surface area contributed by atoms with Gasteiger partial charge in [0.1, 0.15) is 5.82 Å². The van der Waals surface area contributed by atoms with Crippen LogP contribution in [0.3, 0.4) is 0 Å². The summed E-state index contributed by atoms with van der Waals surface area (Å²) in [5, 5.41) is 4.49. The number of aryl methyl sites for hydroxylation is 1. The minimum atomic E-state index is 0.731. The van der Waals surface area contributed by atoms with E-state index in [0.29, 0.717) is 0 Å². The van der Waals surface area contributed by atoms with E-state index in [1.807, 2.05) is 25.2 Å². The predicted molar refractivity (Wildman–Crippen MR) is 77.8 cm³/mol. The fourth-order valence-corrected chi connectivity index (χ4v) is 2.62. The van der Waals surface area contributed by atoms with Crippen LogP contribution in [-0.4, -0.2) is 9.78 Å². The van der Waals surface area contributed by atoms with Gasteiger partial charge in [-0.2, -0.15) is 5.10 Å². The topological polar surface area (TPSA) is 43.8 Å². The molecule has 90 valence electrons. The van der Waals surface area contributed by atoms with Crippen molar-refractivity contribution in [2.45, 2.75) is 13.3 Å². The van der Waals surface area contributed by atoms with Crippen molar-refractivity contribution in [3.05, 3.63) is 32.7 Å². The second-order valence-electron chi connectivity index (χ2n) is 3.81. The smallest absolute Gasteiger partial charge is 0.125 e. The molecule has 2 rings (SSSR count). The minimum absolute atomic E-state index is 0.731. The molecule has 3 nitrogen and oxygen atoms in total. The van der Waals surface area contributed by atoms with Crippen LogP contribution in [0.2, 0.25) is 0 Å². The third kappa shape index (κ3) is 2.26. The Morgan fingerprint density at radius 2 is 2.06 bits per heavy atom. The Bertz CT molecular complexity index is 561. The van der Waals surface area contributed by atoms with Crippen LogP contribution in [-0.2, 0) is 13.5 Å². The lowest BCUT2D eigenvalue weighted by molar-refractivity contribution is 0.781. The van der Waals surface area contributed by atoms with Crippen LogP contribution in [0, 0.1) is 0 Å². The number of halogens is 2. The normalized spacial score (nSPS) is 10.8. The SMILES string of the molecule is CCc1c(-c2cc(Br)ccc2Br)nn(C)c1N. The van der Waals surface area contributed by atoms with Gasteiger partial charge in [-0.1, -0.05) is 38.8 Å². The molecule has 0 aliphatic heterocycles. The van der Waals surface area contributed by atoms with Crippen molar-refractivity contribution in [2.75, 3.05) is 5.73 Å². The third-order valence-corrected chi connectivity index (χ3v) is 3.92. The van der Waals surface area contributed by atoms with Crippen molar-refractivity contribution in [3.63, 3.8) is 0 Å². The summed E-state index contributed by atoms with van der Waals surface area (Å²) in [6.07, 6.45) is 0.869. The third-order valence-electron chi connectivity index (χ3n) is 2.73. The van der Waals surface area contributed by atoms with Gasteiger partial charge in [-0.25, -0.2) is 0 Å². The van der Waals surface area contributed by atoms with Crippen LogP contribution in [0.25, 0.3) is 11.3 Å². The largest absolute Gasteiger partial charge is 0.384 e. The zero-order chi connectivity index (χ0) is 12.6. The van der Waals surface area contributed by atoms with Gasteiger partial charge in [-0.3, -0.25) is 4.68 Å². The molecule has 0 radical (unpaired) electrons. The first-order valence-electron chi connectivity index (χ1n) is 5.31. The summed E-state index contributed by atoms with van der Waals surface area (Å²) in [7, 11) is 1.86. The first-order chi connectivity index (χ1) is 8.04. The number of aromatic nitrogens is 2. The molecule has 0 spiro atoms. The highest BCUT2D eigenvalue weighted by Crippen LogP contribution is 2.34. The van der Waals surface area contributed by atoms with E-state index in [0.717, 1.165) is 38.0 Å². The van der Waals surface area contributed by atoms with Crippen LogP contribution in [0.4, 0.5) is 5.82 Å². The zero-order valence-electron chi connectivity index (χ0n) is 9.67. The number of anilines is 1. The van der Waals surface area contributed by atoms with Gasteiger partial charge < -0.3 is 5.73 Å². The number of hydrogen-bond donors (Lipinski definition) is 1. The average molecular weight is 359 g/mol. The maximum atomic E-state index is 6.01. The quantitative estimate of drug-likeness (QED) is 0.888. The molecule has 0 aliphatic carbocycles. The first kappa shape index (κ1) is 12.6. The van der Waals surface area contributed by atoms with E-state index < -0.39 is 0 Å². The van der Waals surface area contributed by atoms with Gasteiger partial charge in [-0.05, 0) is 24.6 Å². The summed E-state index contributed by atoms with van der Waals surface area (Å²) in [4.78, 5) is 0. The molecule has 17 heavy (non-hydrogen) atoms. The number of nitrogens with zero attached hydrogens (tertiary/aromatic N) is 2. The van der Waals surface area contributed by atoms with Crippen LogP contribution < -0.4 is 5.73 Å². The van der Waals surface area contributed by atoms with Crippen molar-refractivity contribution < 1.29 is 0 Å². The molecule has 1 aromatic heterocycles. The van der Waals surface area contributed by atoms with Gasteiger partial charge in [0.2, 0.25) is 0 Å². The van der Waals surface area contributed by atoms with Crippen LogP contribution in [0.1, 0.15) is 12.5 Å². The zero-order valence-corrected chi connectivity index (χ0v) is 12.8. The number of nitrogen functional groups attached to an aromatic ring is 1. The van der Waals surface area contributed by atoms with Crippen LogP contribution in [0.15, 0.2) is 27.1 Å². The first-order valence-corrected chi connectivity index (χ1v) is 6.90. The summed E-state index contributed by atoms with van der Waals surface area (Å²) in [6.45, 7) is 2.09. The Hall–Kier alpha value is -0.810. The molecular weight excluding hydrogens is 346 g/mol. The highest BCUT2D eigenvalue weighted by atomic mass is 79.9. The van der Waals surface area contributed by atoms with E-state index in [1.165, 1.54) is 0 Å². The van der Waals surface area contributed by atoms with Gasteiger partial charge in [0, 0.05) is 27.1 Å². The summed E-state index contributed by atoms with van der Waals surface area (Å²) in [6, 6.07) is 6.04. The average Bonchev–Trinajstić information content (AvgIpc) is 2.58. The Labute approximate surface area is 117 Å². The summed E-state index contributed by atoms with van der Waals surface area (Å²) in [5.74, 6) is 0.731. The number of benzene rings is 1. The molecule has 0 amide bonds. The van der Waals surface area contributed by atoms with E-state index in [9.17, 15) is 0 Å². The molecule has 0 atom stereocenters. The highest BCUT2D eigenvalue weighted by Gasteiger charge is 2.16. The molecule has 0 bridgehead atoms. The molecule has 2 aromatic rings. The maximum absolute atomic E-state index is 6.01. The molecule has 1 heterocycles. The number of nitrogens with two attached hydrogens (primary N) is 1. The number of rotatable bonds is 2. The second-order valence-corrected chi connectivity index (χ2v) is 5.58. The molecule has 0 saturated heterocycles. The van der Waals surface area contributed by atoms with E-state index in [1.54, 1.807) is 4.68 Å². The van der Waals surface area contributed by atoms with Gasteiger partial charge in [0.15, 0.2) is 0 Å². The Kier molecular flexibility index (Phi) is 3.58. The second kappa shape index (κ2) is 4.82. The monoisotopic (exact) mass is 357 g/mol. The molecular formula is C12H13Br2N3. The Balaban J connectivity index is 2.68. The maximum Gasteiger partial charge on any atom is 0.125 e. The Morgan fingerprint density at radius 1 is 1.35 bits per heavy atom. The molecule has 0 saturated carbocycles. The fourth-order valence-electron chi connectivity index (χ4n) is 1.82. The minimum Gasteiger partial charge on any atom is -0.384 e. The fraction of sp³-hybridized carbons (Fsp3) is 0.250. The molecule has 5 heteroatoms. The Morgan fingerprint density at radius 3 is 2.71 bits per heavy atom. The summed E-state index contributed by atoms with van der Waals surface area (Å²) in [5.41, 5.74) is 9.11. The van der Waals surface area contributed by atoms with Gasteiger partial charge in [0.25, 0.3) is 0 Å². The molecule has 0 fully saturated rings.